The Kier molecular flexibility index (Phi) is 5.20. The molecular weight excluding hydrogens is 403 g/mol. The summed E-state index contributed by atoms with van der Waals surface area (Å²) in [4.78, 5) is 22.0. The first-order valence-corrected chi connectivity index (χ1v) is 8.81. The molecule has 3 heterocycles. The third kappa shape index (κ3) is 3.96. The molecule has 0 N–H and O–H groups in total. The summed E-state index contributed by atoms with van der Waals surface area (Å²) in [7, 11) is 1.63. The standard InChI is InChI=1S/C16H13ClF3N5OS/c1-9-11(4-3-5-21-2)25-14(26)6-10(22-15(25)27-9)8-24-13(17)7-12(23-24)16(18,19)20/h3-7H,8H2,1-2H3/b4-3-,21-5-. The fourth-order valence-electron chi connectivity index (χ4n) is 2.43. The Bertz CT molecular complexity index is 1110. The molecule has 0 aliphatic rings. The fraction of sp³-hybridized carbons (Fsp3) is 0.250. The molecule has 0 saturated heterocycles. The van der Waals surface area contributed by atoms with E-state index in [0.717, 1.165) is 15.6 Å². The van der Waals surface area contributed by atoms with Gasteiger partial charge in [0.1, 0.15) is 5.15 Å². The van der Waals surface area contributed by atoms with Crippen LogP contribution in [0.4, 0.5) is 13.2 Å². The average Bonchev–Trinajstić information content (AvgIpc) is 3.08. The Labute approximate surface area is 160 Å². The monoisotopic (exact) mass is 415 g/mol. The van der Waals surface area contributed by atoms with Crippen molar-refractivity contribution in [2.45, 2.75) is 19.6 Å². The summed E-state index contributed by atoms with van der Waals surface area (Å²) < 4.78 is 40.6. The number of halogens is 4. The molecule has 142 valence electrons. The predicted molar refractivity (Wildman–Crippen MR) is 98.9 cm³/mol. The second-order valence-electron chi connectivity index (χ2n) is 5.52. The highest BCUT2D eigenvalue weighted by atomic mass is 35.5. The van der Waals surface area contributed by atoms with Gasteiger partial charge in [0.2, 0.25) is 0 Å². The van der Waals surface area contributed by atoms with Crippen LogP contribution in [0.25, 0.3) is 11.0 Å². The van der Waals surface area contributed by atoms with Crippen molar-refractivity contribution in [1.29, 1.82) is 0 Å². The van der Waals surface area contributed by atoms with Gasteiger partial charge in [0.15, 0.2) is 10.7 Å². The maximum atomic E-state index is 12.7. The van der Waals surface area contributed by atoms with Gasteiger partial charge in [-0.3, -0.25) is 14.2 Å². The fourth-order valence-corrected chi connectivity index (χ4v) is 3.61. The van der Waals surface area contributed by atoms with Crippen LogP contribution in [-0.4, -0.2) is 32.4 Å². The van der Waals surface area contributed by atoms with E-state index in [4.69, 9.17) is 11.6 Å². The minimum Gasteiger partial charge on any atom is -0.297 e. The van der Waals surface area contributed by atoms with Gasteiger partial charge >= 0.3 is 6.18 Å². The van der Waals surface area contributed by atoms with E-state index in [2.05, 4.69) is 15.1 Å². The molecule has 0 bridgehead atoms. The van der Waals surface area contributed by atoms with E-state index in [9.17, 15) is 18.0 Å². The largest absolute Gasteiger partial charge is 0.435 e. The second kappa shape index (κ2) is 7.28. The lowest BCUT2D eigenvalue weighted by molar-refractivity contribution is -0.141. The molecule has 27 heavy (non-hydrogen) atoms. The summed E-state index contributed by atoms with van der Waals surface area (Å²) in [5.41, 5.74) is -0.491. The van der Waals surface area contributed by atoms with E-state index < -0.39 is 11.9 Å². The molecule has 0 radical (unpaired) electrons. The van der Waals surface area contributed by atoms with Crippen LogP contribution in [0.15, 0.2) is 28.0 Å². The van der Waals surface area contributed by atoms with Crippen LogP contribution < -0.4 is 5.56 Å². The summed E-state index contributed by atoms with van der Waals surface area (Å²) >= 11 is 7.13. The number of allylic oxidation sites excluding steroid dienone is 1. The molecule has 3 aromatic rings. The molecule has 3 rings (SSSR count). The minimum absolute atomic E-state index is 0.148. The first kappa shape index (κ1) is 19.3. The van der Waals surface area contributed by atoms with Gasteiger partial charge in [-0.05, 0) is 19.1 Å². The normalized spacial score (nSPS) is 12.8. The van der Waals surface area contributed by atoms with Crippen molar-refractivity contribution in [3.8, 4) is 0 Å². The Hall–Kier alpha value is -2.46. The number of nitrogens with zero attached hydrogens (tertiary/aromatic N) is 5. The molecule has 0 amide bonds. The topological polar surface area (TPSA) is 64.5 Å². The van der Waals surface area contributed by atoms with Crippen molar-refractivity contribution in [3.05, 3.63) is 55.7 Å². The highest BCUT2D eigenvalue weighted by Gasteiger charge is 2.34. The zero-order valence-corrected chi connectivity index (χ0v) is 15.7. The summed E-state index contributed by atoms with van der Waals surface area (Å²) in [5, 5.41) is 3.26. The zero-order chi connectivity index (χ0) is 19.8. The third-order valence-electron chi connectivity index (χ3n) is 3.61. The number of aryl methyl sites for hydroxylation is 1. The quantitative estimate of drug-likeness (QED) is 0.610. The first-order valence-electron chi connectivity index (χ1n) is 7.62. The Morgan fingerprint density at radius 2 is 2.11 bits per heavy atom. The molecule has 0 unspecified atom stereocenters. The van der Waals surface area contributed by atoms with E-state index in [1.54, 1.807) is 25.4 Å². The number of fused-ring (bicyclic) bond motifs is 1. The smallest absolute Gasteiger partial charge is 0.297 e. The van der Waals surface area contributed by atoms with Crippen molar-refractivity contribution >= 4 is 40.2 Å². The molecule has 0 atom stereocenters. The van der Waals surface area contributed by atoms with Gasteiger partial charge < -0.3 is 0 Å². The van der Waals surface area contributed by atoms with Crippen LogP contribution >= 0.6 is 22.9 Å². The van der Waals surface area contributed by atoms with E-state index in [1.807, 2.05) is 6.92 Å². The number of aromatic nitrogens is 4. The zero-order valence-electron chi connectivity index (χ0n) is 14.2. The van der Waals surface area contributed by atoms with Crippen molar-refractivity contribution in [1.82, 2.24) is 19.2 Å². The number of alkyl halides is 3. The lowest BCUT2D eigenvalue weighted by Crippen LogP contribution is -2.17. The van der Waals surface area contributed by atoms with E-state index in [-0.39, 0.29) is 23.0 Å². The summed E-state index contributed by atoms with van der Waals surface area (Å²) in [6, 6.07) is 2.00. The average molecular weight is 416 g/mol. The molecule has 6 nitrogen and oxygen atoms in total. The Balaban J connectivity index is 2.01. The van der Waals surface area contributed by atoms with Gasteiger partial charge in [0, 0.05) is 30.3 Å². The molecule has 0 spiro atoms. The number of aliphatic imine (C=N–C) groups is 1. The molecule has 0 aliphatic carbocycles. The minimum atomic E-state index is -4.60. The van der Waals surface area contributed by atoms with Gasteiger partial charge in [0.25, 0.3) is 5.56 Å². The van der Waals surface area contributed by atoms with Gasteiger partial charge in [-0.15, -0.1) is 11.3 Å². The van der Waals surface area contributed by atoms with Gasteiger partial charge in [0.05, 0.1) is 17.9 Å². The molecule has 0 fully saturated rings. The van der Waals surface area contributed by atoms with Crippen LogP contribution in [0.3, 0.4) is 0 Å². The molecule has 0 aromatic carbocycles. The second-order valence-corrected chi connectivity index (χ2v) is 7.09. The number of hydrogen-bond acceptors (Lipinski definition) is 5. The van der Waals surface area contributed by atoms with Gasteiger partial charge in [-0.25, -0.2) is 9.67 Å². The van der Waals surface area contributed by atoms with Crippen molar-refractivity contribution in [3.63, 3.8) is 0 Å². The summed E-state index contributed by atoms with van der Waals surface area (Å²) in [6.45, 7) is 1.70. The highest BCUT2D eigenvalue weighted by molar-refractivity contribution is 7.17. The SMILES string of the molecule is C/N=C\C=C/c1c(C)sc2nc(Cn3nc(C(F)(F)F)cc3Cl)cc(=O)n12. The van der Waals surface area contributed by atoms with Crippen molar-refractivity contribution in [2.24, 2.45) is 4.99 Å². The Morgan fingerprint density at radius 1 is 1.37 bits per heavy atom. The maximum absolute atomic E-state index is 12.7. The van der Waals surface area contributed by atoms with E-state index in [0.29, 0.717) is 10.7 Å². The molecule has 11 heteroatoms. The molecular formula is C16H13ClF3N5OS. The van der Waals surface area contributed by atoms with E-state index in [1.165, 1.54) is 21.8 Å². The molecule has 0 saturated carbocycles. The lowest BCUT2D eigenvalue weighted by Gasteiger charge is -2.04. The van der Waals surface area contributed by atoms with Gasteiger partial charge in [-0.1, -0.05) is 11.6 Å². The summed E-state index contributed by atoms with van der Waals surface area (Å²) in [6.07, 6.45) is 0.443. The van der Waals surface area contributed by atoms with E-state index >= 15 is 0 Å². The Morgan fingerprint density at radius 3 is 2.74 bits per heavy atom. The number of thiazole rings is 1. The van der Waals surface area contributed by atoms with Crippen molar-refractivity contribution < 1.29 is 13.2 Å². The number of rotatable bonds is 4. The van der Waals surface area contributed by atoms with Crippen LogP contribution in [0, 0.1) is 6.92 Å². The molecule has 3 aromatic heterocycles. The predicted octanol–water partition coefficient (Wildman–Crippen LogP) is 3.70. The third-order valence-corrected chi connectivity index (χ3v) is 4.89. The number of hydrogen-bond donors (Lipinski definition) is 0. The lowest BCUT2D eigenvalue weighted by atomic mass is 10.3. The summed E-state index contributed by atoms with van der Waals surface area (Å²) in [5.74, 6) is 0. The van der Waals surface area contributed by atoms with Crippen molar-refractivity contribution in [2.75, 3.05) is 7.05 Å². The highest BCUT2D eigenvalue weighted by Crippen LogP contribution is 2.30. The van der Waals surface area contributed by atoms with Crippen LogP contribution in [0.5, 0.6) is 0 Å². The van der Waals surface area contributed by atoms with Crippen LogP contribution in [0.2, 0.25) is 5.15 Å². The molecule has 0 aliphatic heterocycles. The maximum Gasteiger partial charge on any atom is 0.435 e. The van der Waals surface area contributed by atoms with Crippen LogP contribution in [0.1, 0.15) is 22.0 Å². The van der Waals surface area contributed by atoms with Crippen LogP contribution in [-0.2, 0) is 12.7 Å². The first-order chi connectivity index (χ1) is 12.7. The van der Waals surface area contributed by atoms with Gasteiger partial charge in [-0.2, -0.15) is 18.3 Å².